The monoisotopic (exact) mass is 834 g/mol. The highest BCUT2D eigenvalue weighted by Crippen LogP contribution is 2.42. The summed E-state index contributed by atoms with van der Waals surface area (Å²) >= 11 is 0. The molecule has 1 aromatic carbocycles. The van der Waals surface area contributed by atoms with Crippen molar-refractivity contribution in [2.24, 2.45) is 0 Å². The molecule has 0 spiro atoms. The van der Waals surface area contributed by atoms with Gasteiger partial charge in [0.15, 0.2) is 11.5 Å². The first kappa shape index (κ1) is 50.5. The standard InChI is InChI=1S/C50H83N5O5/c1-4-7-10-13-16-19-22-25-28-31-36-58-45-39-43(44-41-47(56)53-49(52-44)54-50(57)55-35-34-51-42-55)40-46(59-37-32-29-26-23-20-17-14-11-8-5-2)48(45)60-38-33-30-27-24-21-18-15-12-9-6-3/h34-35,39-42H,4-33,36-38H2,1-3H3,(H2,52,53,54,56,57). The third-order valence-corrected chi connectivity index (χ3v) is 11.3. The molecule has 10 heteroatoms. The average molecular weight is 834 g/mol. The van der Waals surface area contributed by atoms with Gasteiger partial charge in [-0.25, -0.2) is 14.8 Å². The summed E-state index contributed by atoms with van der Waals surface area (Å²) in [6.45, 7) is 8.49. The number of aromatic nitrogens is 4. The highest BCUT2D eigenvalue weighted by atomic mass is 16.5. The first-order valence-corrected chi connectivity index (χ1v) is 24.5. The second-order valence-electron chi connectivity index (χ2n) is 16.8. The number of hydrogen-bond donors (Lipinski definition) is 2. The van der Waals surface area contributed by atoms with Gasteiger partial charge in [0.2, 0.25) is 11.7 Å². The van der Waals surface area contributed by atoms with Crippen molar-refractivity contribution in [3.8, 4) is 28.5 Å². The lowest BCUT2D eigenvalue weighted by Crippen LogP contribution is -2.22. The van der Waals surface area contributed by atoms with Gasteiger partial charge in [0.05, 0.1) is 25.5 Å². The smallest absolute Gasteiger partial charge is 0.333 e. The van der Waals surface area contributed by atoms with E-state index in [4.69, 9.17) is 14.2 Å². The van der Waals surface area contributed by atoms with E-state index in [1.165, 1.54) is 183 Å². The number of carbonyl (C=O) groups is 1. The van der Waals surface area contributed by atoms with Gasteiger partial charge in [0.25, 0.3) is 5.56 Å². The Morgan fingerprint density at radius 3 is 1.37 bits per heavy atom. The lowest BCUT2D eigenvalue weighted by Gasteiger charge is -2.19. The van der Waals surface area contributed by atoms with Gasteiger partial charge < -0.3 is 14.2 Å². The van der Waals surface area contributed by atoms with E-state index < -0.39 is 6.03 Å². The summed E-state index contributed by atoms with van der Waals surface area (Å²) < 4.78 is 20.9. The molecule has 0 bridgehead atoms. The van der Waals surface area contributed by atoms with Crippen LogP contribution in [0.1, 0.15) is 213 Å². The number of carbonyl (C=O) groups excluding carboxylic acids is 1. The Morgan fingerprint density at radius 1 is 0.567 bits per heavy atom. The Bertz CT molecular complexity index is 1510. The molecule has 3 aromatic rings. The SMILES string of the molecule is CCCCCCCCCCCCOc1cc(-c2cc(=O)[nH]c(NC(=O)n3ccnc3)n2)cc(OCCCCCCCCCCCC)c1OCCCCCCCCCCCC. The summed E-state index contributed by atoms with van der Waals surface area (Å²) in [5, 5.41) is 2.68. The van der Waals surface area contributed by atoms with Crippen LogP contribution in [-0.4, -0.2) is 45.4 Å². The normalized spacial score (nSPS) is 11.2. The number of ether oxygens (including phenoxy) is 3. The van der Waals surface area contributed by atoms with E-state index in [-0.39, 0.29) is 11.5 Å². The number of hydrogen-bond acceptors (Lipinski definition) is 7. The summed E-state index contributed by atoms with van der Waals surface area (Å²) in [6.07, 6.45) is 42.0. The Labute approximate surface area is 363 Å². The Morgan fingerprint density at radius 2 is 0.967 bits per heavy atom. The quantitative estimate of drug-likeness (QED) is 0.0552. The van der Waals surface area contributed by atoms with Crippen LogP contribution in [0.3, 0.4) is 0 Å². The van der Waals surface area contributed by atoms with Gasteiger partial charge in [0.1, 0.15) is 6.33 Å². The Balaban J connectivity index is 1.73. The van der Waals surface area contributed by atoms with Gasteiger partial charge in [-0.1, -0.05) is 194 Å². The van der Waals surface area contributed by atoms with Gasteiger partial charge in [0, 0.05) is 24.0 Å². The largest absolute Gasteiger partial charge is 0.490 e. The van der Waals surface area contributed by atoms with E-state index in [0.717, 1.165) is 38.5 Å². The number of nitrogens with one attached hydrogen (secondary N) is 2. The number of rotatable bonds is 38. The molecule has 0 aliphatic carbocycles. The molecule has 10 nitrogen and oxygen atoms in total. The van der Waals surface area contributed by atoms with E-state index in [9.17, 15) is 9.59 Å². The fourth-order valence-corrected chi connectivity index (χ4v) is 7.60. The molecular formula is C50H83N5O5. The third kappa shape index (κ3) is 22.7. The molecule has 2 heterocycles. The maximum atomic E-state index is 12.9. The molecule has 0 atom stereocenters. The molecule has 0 aliphatic heterocycles. The second-order valence-corrected chi connectivity index (χ2v) is 16.8. The van der Waals surface area contributed by atoms with E-state index in [2.05, 4.69) is 41.0 Å². The molecule has 2 N–H and O–H groups in total. The Hall–Kier alpha value is -3.82. The molecule has 60 heavy (non-hydrogen) atoms. The number of imidazole rings is 1. The average Bonchev–Trinajstić information content (AvgIpc) is 3.80. The molecule has 0 saturated carbocycles. The van der Waals surface area contributed by atoms with Crippen molar-refractivity contribution in [2.45, 2.75) is 213 Å². The van der Waals surface area contributed by atoms with Crippen LogP contribution in [0.15, 0.2) is 41.7 Å². The molecule has 1 amide bonds. The second kappa shape index (κ2) is 33.8. The van der Waals surface area contributed by atoms with Gasteiger partial charge in [-0.05, 0) is 31.4 Å². The van der Waals surface area contributed by atoms with Gasteiger partial charge in [-0.15, -0.1) is 0 Å². The lowest BCUT2D eigenvalue weighted by atomic mass is 10.1. The van der Waals surface area contributed by atoms with Crippen molar-refractivity contribution in [3.63, 3.8) is 0 Å². The van der Waals surface area contributed by atoms with Crippen LogP contribution in [0.5, 0.6) is 17.2 Å². The molecule has 0 saturated heterocycles. The van der Waals surface area contributed by atoms with E-state index in [1.807, 2.05) is 12.1 Å². The fourth-order valence-electron chi connectivity index (χ4n) is 7.60. The maximum Gasteiger partial charge on any atom is 0.333 e. The van der Waals surface area contributed by atoms with Gasteiger partial charge in [-0.2, -0.15) is 0 Å². The summed E-state index contributed by atoms with van der Waals surface area (Å²) in [6, 6.07) is 4.76. The molecule has 3 rings (SSSR count). The zero-order valence-electron chi connectivity index (χ0n) is 38.2. The van der Waals surface area contributed by atoms with Crippen LogP contribution in [0.25, 0.3) is 11.3 Å². The number of benzene rings is 1. The van der Waals surface area contributed by atoms with Crippen molar-refractivity contribution < 1.29 is 19.0 Å². The minimum absolute atomic E-state index is 0.0400. The maximum absolute atomic E-state index is 12.9. The van der Waals surface area contributed by atoms with Crippen LogP contribution in [0.4, 0.5) is 10.7 Å². The predicted molar refractivity (Wildman–Crippen MR) is 249 cm³/mol. The summed E-state index contributed by atoms with van der Waals surface area (Å²) in [7, 11) is 0. The van der Waals surface area contributed by atoms with Crippen LogP contribution < -0.4 is 25.1 Å². The molecule has 0 unspecified atom stereocenters. The molecule has 0 aliphatic rings. The first-order valence-electron chi connectivity index (χ1n) is 24.5. The van der Waals surface area contributed by atoms with Gasteiger partial charge >= 0.3 is 6.03 Å². The zero-order chi connectivity index (χ0) is 42.7. The van der Waals surface area contributed by atoms with Crippen LogP contribution in [0, 0.1) is 0 Å². The highest BCUT2D eigenvalue weighted by Gasteiger charge is 2.19. The third-order valence-electron chi connectivity index (χ3n) is 11.3. The fraction of sp³-hybridized carbons (Fsp3) is 0.720. The topological polar surface area (TPSA) is 120 Å². The summed E-state index contributed by atoms with van der Waals surface area (Å²) in [5.74, 6) is 1.85. The minimum Gasteiger partial charge on any atom is -0.490 e. The number of H-pyrrole nitrogens is 1. The highest BCUT2D eigenvalue weighted by molar-refractivity contribution is 5.89. The predicted octanol–water partition coefficient (Wildman–Crippen LogP) is 14.6. The van der Waals surface area contributed by atoms with Crippen molar-refractivity contribution in [3.05, 3.63) is 47.3 Å². The van der Waals surface area contributed by atoms with Crippen LogP contribution >= 0.6 is 0 Å². The van der Waals surface area contributed by atoms with Crippen LogP contribution in [-0.2, 0) is 0 Å². The van der Waals surface area contributed by atoms with Crippen molar-refractivity contribution in [1.29, 1.82) is 0 Å². The summed E-state index contributed by atoms with van der Waals surface area (Å²) in [4.78, 5) is 37.0. The molecule has 0 radical (unpaired) electrons. The van der Waals surface area contributed by atoms with E-state index in [1.54, 1.807) is 0 Å². The van der Waals surface area contributed by atoms with Crippen molar-refractivity contribution in [1.82, 2.24) is 19.5 Å². The van der Waals surface area contributed by atoms with E-state index in [0.29, 0.717) is 48.3 Å². The molecule has 0 fully saturated rings. The number of nitrogens with zero attached hydrogens (tertiary/aromatic N) is 3. The number of aromatic amines is 1. The first-order chi connectivity index (χ1) is 29.5. The molecule has 338 valence electrons. The summed E-state index contributed by atoms with van der Waals surface area (Å²) in [5.41, 5.74) is 0.665. The van der Waals surface area contributed by atoms with E-state index >= 15 is 0 Å². The van der Waals surface area contributed by atoms with Gasteiger partial charge in [-0.3, -0.25) is 19.7 Å². The number of amides is 1. The van der Waals surface area contributed by atoms with Crippen molar-refractivity contribution in [2.75, 3.05) is 25.1 Å². The van der Waals surface area contributed by atoms with Crippen molar-refractivity contribution >= 4 is 12.0 Å². The number of anilines is 1. The lowest BCUT2D eigenvalue weighted by molar-refractivity contribution is 0.234. The van der Waals surface area contributed by atoms with Crippen LogP contribution in [0.2, 0.25) is 0 Å². The molecular weight excluding hydrogens is 751 g/mol. The zero-order valence-corrected chi connectivity index (χ0v) is 38.2. The molecule has 2 aromatic heterocycles. The Kier molecular flexibility index (Phi) is 28.5. The number of unbranched alkanes of at least 4 members (excludes halogenated alkanes) is 27. The minimum atomic E-state index is -0.482.